The van der Waals surface area contributed by atoms with E-state index in [2.05, 4.69) is 31.1 Å². The van der Waals surface area contributed by atoms with E-state index in [0.29, 0.717) is 19.2 Å². The standard InChI is InChI=1S/C11H20N2O2/c1-5-6-14-10-13-9(8-15-10)7-12-11(2,3)4/h8,12H,5-7H2,1-4H3. The van der Waals surface area contributed by atoms with Gasteiger partial charge in [-0.2, -0.15) is 4.98 Å². The fraction of sp³-hybridized carbons (Fsp3) is 0.727. The summed E-state index contributed by atoms with van der Waals surface area (Å²) >= 11 is 0. The molecule has 0 radical (unpaired) electrons. The molecule has 0 bridgehead atoms. The van der Waals surface area contributed by atoms with Crippen LogP contribution in [0.25, 0.3) is 0 Å². The van der Waals surface area contributed by atoms with Crippen molar-refractivity contribution in [3.05, 3.63) is 12.0 Å². The maximum Gasteiger partial charge on any atom is 0.393 e. The van der Waals surface area contributed by atoms with Gasteiger partial charge in [-0.25, -0.2) is 0 Å². The minimum absolute atomic E-state index is 0.0867. The molecular formula is C11H20N2O2. The van der Waals surface area contributed by atoms with Crippen LogP contribution in [-0.4, -0.2) is 17.1 Å². The Morgan fingerprint density at radius 2 is 2.20 bits per heavy atom. The number of ether oxygens (including phenoxy) is 1. The van der Waals surface area contributed by atoms with Crippen molar-refractivity contribution in [2.75, 3.05) is 6.61 Å². The Kier molecular flexibility index (Phi) is 4.15. The van der Waals surface area contributed by atoms with Gasteiger partial charge in [0.15, 0.2) is 0 Å². The molecule has 0 amide bonds. The van der Waals surface area contributed by atoms with Gasteiger partial charge in [-0.1, -0.05) is 6.92 Å². The zero-order chi connectivity index (χ0) is 11.3. The van der Waals surface area contributed by atoms with Crippen LogP contribution < -0.4 is 10.1 Å². The first-order chi connectivity index (χ1) is 7.01. The Balaban J connectivity index is 2.39. The van der Waals surface area contributed by atoms with E-state index in [1.807, 2.05) is 6.92 Å². The van der Waals surface area contributed by atoms with Gasteiger partial charge in [-0.15, -0.1) is 0 Å². The number of nitrogens with one attached hydrogen (secondary N) is 1. The molecule has 0 aromatic carbocycles. The Hall–Kier alpha value is -1.03. The van der Waals surface area contributed by atoms with E-state index in [0.717, 1.165) is 12.1 Å². The van der Waals surface area contributed by atoms with Crippen molar-refractivity contribution in [1.82, 2.24) is 10.3 Å². The summed E-state index contributed by atoms with van der Waals surface area (Å²) in [6.45, 7) is 9.73. The summed E-state index contributed by atoms with van der Waals surface area (Å²) in [6.07, 6.45) is 2.95. The summed E-state index contributed by atoms with van der Waals surface area (Å²) in [7, 11) is 0. The van der Waals surface area contributed by atoms with Crippen molar-refractivity contribution in [1.29, 1.82) is 0 Å². The van der Waals surface area contributed by atoms with Crippen LogP contribution in [0.1, 0.15) is 39.8 Å². The van der Waals surface area contributed by atoms with E-state index < -0.39 is 0 Å². The van der Waals surface area contributed by atoms with Gasteiger partial charge in [0.25, 0.3) is 0 Å². The van der Waals surface area contributed by atoms with Crippen molar-refractivity contribution < 1.29 is 9.15 Å². The smallest absolute Gasteiger partial charge is 0.393 e. The molecule has 0 aliphatic heterocycles. The van der Waals surface area contributed by atoms with Gasteiger partial charge in [0.05, 0.1) is 12.3 Å². The van der Waals surface area contributed by atoms with Crippen molar-refractivity contribution in [3.8, 4) is 6.08 Å². The number of rotatable bonds is 5. The molecule has 0 aliphatic rings. The zero-order valence-electron chi connectivity index (χ0n) is 9.96. The Morgan fingerprint density at radius 3 is 2.80 bits per heavy atom. The van der Waals surface area contributed by atoms with Crippen LogP contribution in [0, 0.1) is 0 Å². The summed E-state index contributed by atoms with van der Waals surface area (Å²) in [5, 5.41) is 3.33. The second kappa shape index (κ2) is 5.16. The molecule has 0 saturated heterocycles. The summed E-state index contributed by atoms with van der Waals surface area (Å²) < 4.78 is 10.4. The van der Waals surface area contributed by atoms with E-state index in [1.54, 1.807) is 6.26 Å². The lowest BCUT2D eigenvalue weighted by Gasteiger charge is -2.19. The molecule has 1 aromatic heterocycles. The van der Waals surface area contributed by atoms with Crippen molar-refractivity contribution in [3.63, 3.8) is 0 Å². The molecule has 1 heterocycles. The monoisotopic (exact) mass is 212 g/mol. The lowest BCUT2D eigenvalue weighted by Crippen LogP contribution is -2.35. The van der Waals surface area contributed by atoms with E-state index in [-0.39, 0.29) is 5.54 Å². The predicted molar refractivity (Wildman–Crippen MR) is 58.9 cm³/mol. The summed E-state index contributed by atoms with van der Waals surface area (Å²) in [6, 6.07) is 0. The Labute approximate surface area is 91.0 Å². The van der Waals surface area contributed by atoms with Crippen LogP contribution in [0.3, 0.4) is 0 Å². The van der Waals surface area contributed by atoms with E-state index in [4.69, 9.17) is 9.15 Å². The molecule has 1 rings (SSSR count). The largest absolute Gasteiger partial charge is 0.450 e. The molecule has 1 N–H and O–H groups in total. The highest BCUT2D eigenvalue weighted by Crippen LogP contribution is 2.11. The fourth-order valence-corrected chi connectivity index (χ4v) is 0.981. The number of hydrogen-bond acceptors (Lipinski definition) is 4. The molecular weight excluding hydrogens is 192 g/mol. The highest BCUT2D eigenvalue weighted by Gasteiger charge is 2.10. The normalized spacial score (nSPS) is 11.7. The Morgan fingerprint density at radius 1 is 1.47 bits per heavy atom. The minimum Gasteiger partial charge on any atom is -0.450 e. The lowest BCUT2D eigenvalue weighted by molar-refractivity contribution is 0.230. The van der Waals surface area contributed by atoms with Gasteiger partial charge in [0, 0.05) is 12.1 Å². The number of oxazole rings is 1. The van der Waals surface area contributed by atoms with Crippen molar-refractivity contribution in [2.45, 2.75) is 46.2 Å². The van der Waals surface area contributed by atoms with E-state index >= 15 is 0 Å². The van der Waals surface area contributed by atoms with Crippen LogP contribution in [0.5, 0.6) is 6.08 Å². The Bertz CT molecular complexity index is 289. The first-order valence-electron chi connectivity index (χ1n) is 5.33. The highest BCUT2D eigenvalue weighted by molar-refractivity contribution is 5.00. The maximum atomic E-state index is 5.26. The quantitative estimate of drug-likeness (QED) is 0.814. The van der Waals surface area contributed by atoms with E-state index in [1.165, 1.54) is 0 Å². The highest BCUT2D eigenvalue weighted by atomic mass is 16.6. The van der Waals surface area contributed by atoms with E-state index in [9.17, 15) is 0 Å². The van der Waals surface area contributed by atoms with Gasteiger partial charge in [-0.05, 0) is 27.2 Å². The second-order valence-electron chi connectivity index (χ2n) is 4.56. The first-order valence-corrected chi connectivity index (χ1v) is 5.33. The summed E-state index contributed by atoms with van der Waals surface area (Å²) in [5.74, 6) is 0. The molecule has 0 spiro atoms. The molecule has 0 saturated carbocycles. The third kappa shape index (κ3) is 4.83. The first kappa shape index (κ1) is 12.0. The van der Waals surface area contributed by atoms with Crippen LogP contribution in [0.4, 0.5) is 0 Å². The van der Waals surface area contributed by atoms with Crippen molar-refractivity contribution in [2.24, 2.45) is 0 Å². The minimum atomic E-state index is 0.0867. The third-order valence-electron chi connectivity index (χ3n) is 1.76. The maximum absolute atomic E-state index is 5.26. The SMILES string of the molecule is CCCOc1nc(CNC(C)(C)C)co1. The molecule has 4 heteroatoms. The average molecular weight is 212 g/mol. The number of hydrogen-bond donors (Lipinski definition) is 1. The zero-order valence-corrected chi connectivity index (χ0v) is 9.96. The van der Waals surface area contributed by atoms with Crippen LogP contribution >= 0.6 is 0 Å². The van der Waals surface area contributed by atoms with Gasteiger partial charge in [-0.3, -0.25) is 0 Å². The summed E-state index contributed by atoms with van der Waals surface area (Å²) in [5.41, 5.74) is 0.958. The molecule has 0 aliphatic carbocycles. The molecule has 1 aromatic rings. The molecule has 0 atom stereocenters. The molecule has 86 valence electrons. The number of aromatic nitrogens is 1. The third-order valence-corrected chi connectivity index (χ3v) is 1.76. The topological polar surface area (TPSA) is 47.3 Å². The molecule has 0 fully saturated rings. The van der Waals surface area contributed by atoms with Gasteiger partial charge < -0.3 is 14.5 Å². The van der Waals surface area contributed by atoms with Crippen LogP contribution in [0.2, 0.25) is 0 Å². The fourth-order valence-electron chi connectivity index (χ4n) is 0.981. The van der Waals surface area contributed by atoms with Gasteiger partial charge in [0.2, 0.25) is 0 Å². The van der Waals surface area contributed by atoms with Crippen LogP contribution in [-0.2, 0) is 6.54 Å². The van der Waals surface area contributed by atoms with Gasteiger partial charge >= 0.3 is 6.08 Å². The predicted octanol–water partition coefficient (Wildman–Crippen LogP) is 2.35. The summed E-state index contributed by atoms with van der Waals surface area (Å²) in [4.78, 5) is 4.20. The molecule has 15 heavy (non-hydrogen) atoms. The average Bonchev–Trinajstić information content (AvgIpc) is 2.58. The lowest BCUT2D eigenvalue weighted by atomic mass is 10.1. The van der Waals surface area contributed by atoms with Gasteiger partial charge in [0.1, 0.15) is 6.26 Å². The second-order valence-corrected chi connectivity index (χ2v) is 4.56. The molecule has 0 unspecified atom stereocenters. The van der Waals surface area contributed by atoms with Crippen LogP contribution in [0.15, 0.2) is 10.7 Å². The van der Waals surface area contributed by atoms with Crippen molar-refractivity contribution >= 4 is 0 Å². The number of nitrogens with zero attached hydrogens (tertiary/aromatic N) is 1. The molecule has 4 nitrogen and oxygen atoms in total.